The quantitative estimate of drug-likeness (QED) is 0.481. The molecule has 0 saturated heterocycles. The molecule has 1 aromatic heterocycles. The second kappa shape index (κ2) is 5.29. The SMILES string of the molecule is O=[N+]([O-])c1c(OC(F)(F)F)ncc(C(F)(F)F)c1C(F)F. The van der Waals surface area contributed by atoms with Gasteiger partial charge in [0, 0.05) is 6.20 Å². The van der Waals surface area contributed by atoms with Crippen LogP contribution in [0.15, 0.2) is 6.20 Å². The Labute approximate surface area is 109 Å². The molecule has 0 spiro atoms. The van der Waals surface area contributed by atoms with Crippen LogP contribution in [0.1, 0.15) is 17.6 Å². The molecule has 0 bridgehead atoms. The zero-order valence-electron chi connectivity index (χ0n) is 9.30. The van der Waals surface area contributed by atoms with Crippen molar-refractivity contribution >= 4 is 5.69 Å². The summed E-state index contributed by atoms with van der Waals surface area (Å²) >= 11 is 0. The number of nitrogens with zero attached hydrogens (tertiary/aromatic N) is 2. The third-order valence-electron chi connectivity index (χ3n) is 1.98. The van der Waals surface area contributed by atoms with Gasteiger partial charge in [-0.3, -0.25) is 10.1 Å². The molecular formula is C8H2F8N2O3. The number of ether oxygens (including phenoxy) is 1. The Balaban J connectivity index is 3.66. The van der Waals surface area contributed by atoms with Crippen molar-refractivity contribution < 1.29 is 44.8 Å². The smallest absolute Gasteiger partial charge is 0.381 e. The van der Waals surface area contributed by atoms with E-state index < -0.39 is 52.8 Å². The van der Waals surface area contributed by atoms with Crippen LogP contribution in [0.5, 0.6) is 5.88 Å². The van der Waals surface area contributed by atoms with Gasteiger partial charge >= 0.3 is 24.1 Å². The molecule has 0 unspecified atom stereocenters. The van der Waals surface area contributed by atoms with E-state index in [0.717, 1.165) is 0 Å². The van der Waals surface area contributed by atoms with Gasteiger partial charge in [0.05, 0.1) is 10.5 Å². The van der Waals surface area contributed by atoms with Gasteiger partial charge in [-0.2, -0.15) is 13.2 Å². The van der Waals surface area contributed by atoms with E-state index >= 15 is 0 Å². The molecule has 21 heavy (non-hydrogen) atoms. The van der Waals surface area contributed by atoms with Gasteiger partial charge in [-0.1, -0.05) is 0 Å². The standard InChI is InChI=1S/C8H2F8N2O3/c9-5(10)3-2(7(11,12)13)1-17-6(4(3)18(19)20)21-8(14,15)16/h1,5H. The summed E-state index contributed by atoms with van der Waals surface area (Å²) in [6.07, 6.45) is -15.5. The van der Waals surface area contributed by atoms with Crippen LogP contribution in [-0.4, -0.2) is 16.3 Å². The largest absolute Gasteiger partial charge is 0.574 e. The zero-order chi connectivity index (χ0) is 16.6. The molecule has 13 heteroatoms. The van der Waals surface area contributed by atoms with Crippen molar-refractivity contribution in [2.45, 2.75) is 19.0 Å². The average Bonchev–Trinajstić information content (AvgIpc) is 2.23. The first kappa shape index (κ1) is 16.8. The number of halogens is 8. The molecule has 0 aliphatic carbocycles. The number of nitro groups is 1. The van der Waals surface area contributed by atoms with Crippen LogP contribution in [0, 0.1) is 10.1 Å². The van der Waals surface area contributed by atoms with E-state index in [2.05, 4.69) is 9.72 Å². The number of alkyl halides is 8. The molecule has 118 valence electrons. The zero-order valence-corrected chi connectivity index (χ0v) is 9.30. The van der Waals surface area contributed by atoms with Crippen molar-refractivity contribution in [3.8, 4) is 5.88 Å². The molecule has 5 nitrogen and oxygen atoms in total. The summed E-state index contributed by atoms with van der Waals surface area (Å²) < 4.78 is 102. The van der Waals surface area contributed by atoms with Gasteiger partial charge in [0.2, 0.25) is 0 Å². The Hall–Kier alpha value is -2.21. The first-order valence-electron chi connectivity index (χ1n) is 4.63. The van der Waals surface area contributed by atoms with Crippen LogP contribution in [-0.2, 0) is 6.18 Å². The van der Waals surface area contributed by atoms with Gasteiger partial charge in [0.25, 0.3) is 6.43 Å². The van der Waals surface area contributed by atoms with Crippen LogP contribution in [0.2, 0.25) is 0 Å². The molecule has 0 aliphatic rings. The molecule has 1 heterocycles. The Morgan fingerprint density at radius 3 is 2.05 bits per heavy atom. The molecule has 1 rings (SSSR count). The lowest BCUT2D eigenvalue weighted by Gasteiger charge is -2.14. The lowest BCUT2D eigenvalue weighted by atomic mass is 10.1. The highest BCUT2D eigenvalue weighted by molar-refractivity contribution is 5.53. The van der Waals surface area contributed by atoms with Crippen molar-refractivity contribution in [1.82, 2.24) is 4.98 Å². The molecule has 0 fully saturated rings. The van der Waals surface area contributed by atoms with Gasteiger partial charge in [-0.05, 0) is 0 Å². The molecule has 0 aromatic carbocycles. The summed E-state index contributed by atoms with van der Waals surface area (Å²) in [5.74, 6) is -2.00. The number of hydrogen-bond donors (Lipinski definition) is 0. The van der Waals surface area contributed by atoms with Crippen molar-refractivity contribution in [3.05, 3.63) is 27.4 Å². The van der Waals surface area contributed by atoms with E-state index in [1.165, 1.54) is 0 Å². The lowest BCUT2D eigenvalue weighted by molar-refractivity contribution is -0.390. The van der Waals surface area contributed by atoms with Crippen LogP contribution in [0.25, 0.3) is 0 Å². The summed E-state index contributed by atoms with van der Waals surface area (Å²) in [6, 6.07) is 0. The van der Waals surface area contributed by atoms with E-state index in [1.54, 1.807) is 0 Å². The lowest BCUT2D eigenvalue weighted by Crippen LogP contribution is -2.21. The topological polar surface area (TPSA) is 65.3 Å². The second-order valence-electron chi connectivity index (χ2n) is 3.34. The normalized spacial score (nSPS) is 12.6. The predicted molar refractivity (Wildman–Crippen MR) is 47.5 cm³/mol. The van der Waals surface area contributed by atoms with Gasteiger partial charge in [-0.15, -0.1) is 13.2 Å². The Bertz CT molecular complexity index is 554. The molecule has 0 saturated carbocycles. The summed E-state index contributed by atoms with van der Waals surface area (Å²) in [6.45, 7) is 0. The van der Waals surface area contributed by atoms with E-state index in [4.69, 9.17) is 0 Å². The molecule has 1 aromatic rings. The maximum Gasteiger partial charge on any atom is 0.574 e. The highest BCUT2D eigenvalue weighted by Crippen LogP contribution is 2.44. The number of aromatic nitrogens is 1. The number of rotatable bonds is 3. The van der Waals surface area contributed by atoms with Crippen molar-refractivity contribution in [1.29, 1.82) is 0 Å². The summed E-state index contributed by atoms with van der Waals surface area (Å²) in [4.78, 5) is 11.1. The fraction of sp³-hybridized carbons (Fsp3) is 0.375. The molecule has 0 radical (unpaired) electrons. The third-order valence-corrected chi connectivity index (χ3v) is 1.98. The first-order valence-corrected chi connectivity index (χ1v) is 4.63. The number of pyridine rings is 1. The van der Waals surface area contributed by atoms with Crippen LogP contribution < -0.4 is 4.74 Å². The molecular weight excluding hydrogens is 324 g/mol. The maximum absolute atomic E-state index is 12.6. The number of hydrogen-bond acceptors (Lipinski definition) is 4. The van der Waals surface area contributed by atoms with Gasteiger partial charge in [-0.25, -0.2) is 13.8 Å². The Morgan fingerprint density at radius 2 is 1.71 bits per heavy atom. The maximum atomic E-state index is 12.6. The highest BCUT2D eigenvalue weighted by atomic mass is 19.4. The molecule has 0 atom stereocenters. The molecule has 0 aliphatic heterocycles. The van der Waals surface area contributed by atoms with Crippen LogP contribution in [0.4, 0.5) is 40.8 Å². The summed E-state index contributed by atoms with van der Waals surface area (Å²) in [5.41, 5.74) is -6.67. The third kappa shape index (κ3) is 3.88. The monoisotopic (exact) mass is 326 g/mol. The minimum atomic E-state index is -5.56. The second-order valence-corrected chi connectivity index (χ2v) is 3.34. The minimum absolute atomic E-state index is 0.393. The van der Waals surface area contributed by atoms with Crippen molar-refractivity contribution in [2.75, 3.05) is 0 Å². The first-order chi connectivity index (χ1) is 9.34. The van der Waals surface area contributed by atoms with Crippen LogP contribution in [0.3, 0.4) is 0 Å². The van der Waals surface area contributed by atoms with Crippen molar-refractivity contribution in [3.63, 3.8) is 0 Å². The predicted octanol–water partition coefficient (Wildman–Crippen LogP) is 3.84. The Kier molecular flexibility index (Phi) is 4.24. The van der Waals surface area contributed by atoms with Crippen LogP contribution >= 0.6 is 0 Å². The van der Waals surface area contributed by atoms with E-state index in [-0.39, 0.29) is 0 Å². The minimum Gasteiger partial charge on any atom is -0.381 e. The fourth-order valence-corrected chi connectivity index (χ4v) is 1.30. The molecule has 0 N–H and O–H groups in total. The van der Waals surface area contributed by atoms with Crippen molar-refractivity contribution in [2.24, 2.45) is 0 Å². The van der Waals surface area contributed by atoms with Gasteiger partial charge in [0.15, 0.2) is 0 Å². The Morgan fingerprint density at radius 1 is 1.19 bits per heavy atom. The average molecular weight is 326 g/mol. The summed E-state index contributed by atoms with van der Waals surface area (Å²) in [7, 11) is 0. The summed E-state index contributed by atoms with van der Waals surface area (Å²) in [5, 5.41) is 10.5. The highest BCUT2D eigenvalue weighted by Gasteiger charge is 2.45. The van der Waals surface area contributed by atoms with Gasteiger partial charge < -0.3 is 4.74 Å². The molecule has 0 amide bonds. The fourth-order valence-electron chi connectivity index (χ4n) is 1.30. The van der Waals surface area contributed by atoms with E-state index in [0.29, 0.717) is 0 Å². The van der Waals surface area contributed by atoms with E-state index in [9.17, 15) is 45.2 Å². The van der Waals surface area contributed by atoms with E-state index in [1.807, 2.05) is 0 Å². The van der Waals surface area contributed by atoms with Gasteiger partial charge in [0.1, 0.15) is 5.56 Å².